The van der Waals surface area contributed by atoms with Crippen molar-refractivity contribution in [3.63, 3.8) is 0 Å². The smallest absolute Gasteiger partial charge is 0.203 e. The molecule has 0 unspecified atom stereocenters. The van der Waals surface area contributed by atoms with Gasteiger partial charge in [0, 0.05) is 30.8 Å². The van der Waals surface area contributed by atoms with Crippen LogP contribution in [0.4, 0.5) is 0 Å². The number of nitrogens with one attached hydrogen (secondary N) is 2. The maximum Gasteiger partial charge on any atom is 0.203 e. The van der Waals surface area contributed by atoms with E-state index >= 15 is 0 Å². The van der Waals surface area contributed by atoms with Crippen LogP contribution < -0.4 is 24.8 Å². The Balaban J connectivity index is 1.85. The van der Waals surface area contributed by atoms with Crippen molar-refractivity contribution >= 4 is 17.7 Å². The Morgan fingerprint density at radius 2 is 1.61 bits per heavy atom. The number of nitrogens with zero attached hydrogens (tertiary/aromatic N) is 1. The van der Waals surface area contributed by atoms with Gasteiger partial charge in [-0.1, -0.05) is 17.7 Å². The van der Waals surface area contributed by atoms with Crippen molar-refractivity contribution in [2.45, 2.75) is 18.4 Å². The first-order valence-electron chi connectivity index (χ1n) is 9.04. The van der Waals surface area contributed by atoms with Crippen molar-refractivity contribution in [1.29, 1.82) is 0 Å². The third kappa shape index (κ3) is 6.27. The van der Waals surface area contributed by atoms with Crippen LogP contribution in [0.1, 0.15) is 11.1 Å². The molecular weight excluding hydrogens is 374 g/mol. The SMILES string of the molecule is CN=C(NCCSc1ccc(C)cc1)NCc1cc(OC)c(OC)c(OC)c1. The molecule has 152 valence electrons. The molecule has 0 aromatic heterocycles. The number of rotatable bonds is 9. The van der Waals surface area contributed by atoms with Gasteiger partial charge in [0.1, 0.15) is 0 Å². The minimum absolute atomic E-state index is 0.585. The minimum atomic E-state index is 0.585. The topological polar surface area (TPSA) is 64.1 Å². The van der Waals surface area contributed by atoms with Crippen molar-refractivity contribution in [1.82, 2.24) is 10.6 Å². The summed E-state index contributed by atoms with van der Waals surface area (Å²) < 4.78 is 16.2. The third-order valence-corrected chi connectivity index (χ3v) is 5.11. The van der Waals surface area contributed by atoms with E-state index < -0.39 is 0 Å². The third-order valence-electron chi connectivity index (χ3n) is 4.09. The molecule has 0 amide bonds. The van der Waals surface area contributed by atoms with Crippen LogP contribution >= 0.6 is 11.8 Å². The van der Waals surface area contributed by atoms with Crippen molar-refractivity contribution in [2.24, 2.45) is 4.99 Å². The zero-order valence-electron chi connectivity index (χ0n) is 17.2. The van der Waals surface area contributed by atoms with Crippen LogP contribution in [0.25, 0.3) is 0 Å². The van der Waals surface area contributed by atoms with E-state index in [0.717, 1.165) is 23.8 Å². The standard InChI is InChI=1S/C21H29N3O3S/c1-15-6-8-17(9-7-15)28-11-10-23-21(22-2)24-14-16-12-18(25-3)20(27-5)19(13-16)26-4/h6-9,12-13H,10-11,14H2,1-5H3,(H2,22,23,24). The lowest BCUT2D eigenvalue weighted by Crippen LogP contribution is -2.37. The predicted octanol–water partition coefficient (Wildman–Crippen LogP) is 3.48. The summed E-state index contributed by atoms with van der Waals surface area (Å²) in [5, 5.41) is 6.64. The number of aryl methyl sites for hydroxylation is 1. The van der Waals surface area contributed by atoms with Gasteiger partial charge in [-0.25, -0.2) is 0 Å². The highest BCUT2D eigenvalue weighted by Gasteiger charge is 2.13. The molecule has 28 heavy (non-hydrogen) atoms. The van der Waals surface area contributed by atoms with Crippen molar-refractivity contribution in [2.75, 3.05) is 40.7 Å². The normalized spacial score (nSPS) is 11.1. The number of thioether (sulfide) groups is 1. The Kier molecular flexibility index (Phi) is 8.81. The van der Waals surface area contributed by atoms with E-state index in [4.69, 9.17) is 14.2 Å². The zero-order chi connectivity index (χ0) is 20.4. The van der Waals surface area contributed by atoms with Crippen LogP contribution in [0.3, 0.4) is 0 Å². The Hall–Kier alpha value is -2.54. The van der Waals surface area contributed by atoms with Crippen molar-refractivity contribution in [3.05, 3.63) is 47.5 Å². The quantitative estimate of drug-likeness (QED) is 0.289. The molecule has 2 aromatic carbocycles. The Labute approximate surface area is 171 Å². The fraction of sp³-hybridized carbons (Fsp3) is 0.381. The minimum Gasteiger partial charge on any atom is -0.493 e. The molecule has 0 aliphatic rings. The Morgan fingerprint density at radius 1 is 0.964 bits per heavy atom. The van der Waals surface area contributed by atoms with Gasteiger partial charge in [0.05, 0.1) is 21.3 Å². The summed E-state index contributed by atoms with van der Waals surface area (Å²) in [5.74, 6) is 3.56. The number of methoxy groups -OCH3 is 3. The number of benzene rings is 2. The van der Waals surface area contributed by atoms with Gasteiger partial charge >= 0.3 is 0 Å². The van der Waals surface area contributed by atoms with Gasteiger partial charge in [-0.3, -0.25) is 4.99 Å². The van der Waals surface area contributed by atoms with E-state index in [0.29, 0.717) is 23.8 Å². The number of ether oxygens (including phenoxy) is 3. The lowest BCUT2D eigenvalue weighted by molar-refractivity contribution is 0.323. The van der Waals surface area contributed by atoms with E-state index in [1.807, 2.05) is 23.9 Å². The average molecular weight is 404 g/mol. The van der Waals surface area contributed by atoms with E-state index in [1.54, 1.807) is 28.4 Å². The number of hydrogen-bond donors (Lipinski definition) is 2. The van der Waals surface area contributed by atoms with Gasteiger partial charge in [-0.15, -0.1) is 11.8 Å². The molecule has 0 saturated carbocycles. The number of guanidine groups is 1. The molecule has 0 saturated heterocycles. The lowest BCUT2D eigenvalue weighted by Gasteiger charge is -2.16. The summed E-state index contributed by atoms with van der Waals surface area (Å²) in [6.45, 7) is 3.49. The molecule has 2 rings (SSSR count). The fourth-order valence-corrected chi connectivity index (χ4v) is 3.39. The van der Waals surface area contributed by atoms with Crippen LogP contribution in [-0.4, -0.2) is 46.6 Å². The largest absolute Gasteiger partial charge is 0.493 e. The van der Waals surface area contributed by atoms with E-state index in [-0.39, 0.29) is 0 Å². The highest BCUT2D eigenvalue weighted by molar-refractivity contribution is 7.99. The summed E-state index contributed by atoms with van der Waals surface area (Å²) in [4.78, 5) is 5.55. The molecule has 0 aliphatic carbocycles. The van der Waals surface area contributed by atoms with Crippen LogP contribution in [0.5, 0.6) is 17.2 Å². The molecule has 7 heteroatoms. The summed E-state index contributed by atoms with van der Waals surface area (Å²) in [6, 6.07) is 12.4. The molecular formula is C21H29N3O3S. The Morgan fingerprint density at radius 3 is 2.14 bits per heavy atom. The van der Waals surface area contributed by atoms with Gasteiger partial charge in [0.2, 0.25) is 5.75 Å². The second-order valence-electron chi connectivity index (χ2n) is 6.05. The molecule has 0 bridgehead atoms. The maximum absolute atomic E-state index is 5.40. The Bertz CT molecular complexity index is 754. The molecule has 0 spiro atoms. The van der Waals surface area contributed by atoms with Crippen molar-refractivity contribution in [3.8, 4) is 17.2 Å². The van der Waals surface area contributed by atoms with E-state index in [9.17, 15) is 0 Å². The molecule has 0 atom stereocenters. The molecule has 0 aliphatic heterocycles. The monoisotopic (exact) mass is 403 g/mol. The summed E-state index contributed by atoms with van der Waals surface area (Å²) in [5.41, 5.74) is 2.28. The highest BCUT2D eigenvalue weighted by Crippen LogP contribution is 2.38. The maximum atomic E-state index is 5.40. The van der Waals surface area contributed by atoms with E-state index in [1.165, 1.54) is 10.5 Å². The second-order valence-corrected chi connectivity index (χ2v) is 7.22. The average Bonchev–Trinajstić information content (AvgIpc) is 2.73. The molecule has 0 heterocycles. The van der Waals surface area contributed by atoms with Gasteiger partial charge in [0.15, 0.2) is 17.5 Å². The highest BCUT2D eigenvalue weighted by atomic mass is 32.2. The first kappa shape index (κ1) is 21.8. The second kappa shape index (κ2) is 11.3. The van der Waals surface area contributed by atoms with Crippen LogP contribution in [-0.2, 0) is 6.54 Å². The molecule has 2 aromatic rings. The lowest BCUT2D eigenvalue weighted by atomic mass is 10.2. The van der Waals surface area contributed by atoms with Gasteiger partial charge in [-0.05, 0) is 36.8 Å². The van der Waals surface area contributed by atoms with Gasteiger partial charge in [-0.2, -0.15) is 0 Å². The zero-order valence-corrected chi connectivity index (χ0v) is 18.0. The molecule has 0 radical (unpaired) electrons. The van der Waals surface area contributed by atoms with Crippen LogP contribution in [0.15, 0.2) is 46.3 Å². The number of hydrogen-bond acceptors (Lipinski definition) is 5. The van der Waals surface area contributed by atoms with Gasteiger partial charge < -0.3 is 24.8 Å². The summed E-state index contributed by atoms with van der Waals surface area (Å²) in [6.07, 6.45) is 0. The predicted molar refractivity (Wildman–Crippen MR) is 116 cm³/mol. The molecule has 2 N–H and O–H groups in total. The molecule has 0 fully saturated rings. The fourth-order valence-electron chi connectivity index (χ4n) is 2.62. The molecule has 6 nitrogen and oxygen atoms in total. The first-order valence-corrected chi connectivity index (χ1v) is 10.0. The summed E-state index contributed by atoms with van der Waals surface area (Å²) >= 11 is 1.82. The van der Waals surface area contributed by atoms with E-state index in [2.05, 4.69) is 46.8 Å². The van der Waals surface area contributed by atoms with Crippen LogP contribution in [0, 0.1) is 6.92 Å². The van der Waals surface area contributed by atoms with Crippen molar-refractivity contribution < 1.29 is 14.2 Å². The number of aliphatic imine (C=N–C) groups is 1. The first-order chi connectivity index (χ1) is 13.6. The van der Waals surface area contributed by atoms with Crippen LogP contribution in [0.2, 0.25) is 0 Å². The van der Waals surface area contributed by atoms with Gasteiger partial charge in [0.25, 0.3) is 0 Å². The summed E-state index contributed by atoms with van der Waals surface area (Å²) in [7, 11) is 6.58.